The van der Waals surface area contributed by atoms with Crippen molar-refractivity contribution in [3.8, 4) is 0 Å². The highest BCUT2D eigenvalue weighted by atomic mass is 35.5. The summed E-state index contributed by atoms with van der Waals surface area (Å²) in [6.07, 6.45) is 2.12. The molecule has 1 unspecified atom stereocenters. The van der Waals surface area contributed by atoms with Crippen molar-refractivity contribution in [2.75, 3.05) is 13.6 Å². The molecule has 0 fully saturated rings. The number of amides is 1. The van der Waals surface area contributed by atoms with Gasteiger partial charge >= 0.3 is 0 Å². The summed E-state index contributed by atoms with van der Waals surface area (Å²) in [6, 6.07) is 17.8. The maximum atomic E-state index is 12.2. The predicted octanol–water partition coefficient (Wildman–Crippen LogP) is 3.74. The molecule has 0 aliphatic carbocycles. The van der Waals surface area contributed by atoms with Crippen LogP contribution in [0.4, 0.5) is 0 Å². The number of hydrogen-bond donors (Lipinski definition) is 2. The lowest BCUT2D eigenvalue weighted by Crippen LogP contribution is -2.30. The lowest BCUT2D eigenvalue weighted by atomic mass is 9.98. The second-order valence-electron chi connectivity index (χ2n) is 5.57. The quantitative estimate of drug-likeness (QED) is 0.724. The Labute approximate surface area is 143 Å². The van der Waals surface area contributed by atoms with Crippen molar-refractivity contribution >= 4 is 17.5 Å². The molecular formula is C19H23ClN2O. The van der Waals surface area contributed by atoms with Crippen LogP contribution >= 0.6 is 11.6 Å². The fraction of sp³-hybridized carbons (Fsp3) is 0.316. The van der Waals surface area contributed by atoms with Gasteiger partial charge < -0.3 is 10.6 Å². The highest BCUT2D eigenvalue weighted by Gasteiger charge is 2.15. The lowest BCUT2D eigenvalue weighted by molar-refractivity contribution is -0.121. The second kappa shape index (κ2) is 9.33. The van der Waals surface area contributed by atoms with Crippen molar-refractivity contribution in [3.63, 3.8) is 0 Å². The first-order valence-corrected chi connectivity index (χ1v) is 8.30. The normalized spacial score (nSPS) is 11.9. The first kappa shape index (κ1) is 17.5. The molecule has 3 nitrogen and oxygen atoms in total. The van der Waals surface area contributed by atoms with Crippen molar-refractivity contribution in [2.24, 2.45) is 0 Å². The van der Waals surface area contributed by atoms with Gasteiger partial charge in [0.15, 0.2) is 0 Å². The predicted molar refractivity (Wildman–Crippen MR) is 95.6 cm³/mol. The van der Waals surface area contributed by atoms with Crippen LogP contribution in [0, 0.1) is 0 Å². The Balaban J connectivity index is 2.06. The van der Waals surface area contributed by atoms with Gasteiger partial charge in [0.1, 0.15) is 0 Å². The van der Waals surface area contributed by atoms with E-state index in [9.17, 15) is 4.79 Å². The molecule has 122 valence electrons. The maximum Gasteiger partial charge on any atom is 0.220 e. The summed E-state index contributed by atoms with van der Waals surface area (Å²) in [5.41, 5.74) is 2.27. The van der Waals surface area contributed by atoms with Crippen molar-refractivity contribution in [1.29, 1.82) is 0 Å². The van der Waals surface area contributed by atoms with Gasteiger partial charge in [0.05, 0.1) is 6.04 Å². The van der Waals surface area contributed by atoms with Crippen molar-refractivity contribution in [2.45, 2.75) is 25.3 Å². The van der Waals surface area contributed by atoms with Gasteiger partial charge in [-0.3, -0.25) is 4.79 Å². The van der Waals surface area contributed by atoms with E-state index in [2.05, 4.69) is 22.8 Å². The summed E-state index contributed by atoms with van der Waals surface area (Å²) in [6.45, 7) is 0.848. The summed E-state index contributed by atoms with van der Waals surface area (Å²) < 4.78 is 0. The summed E-state index contributed by atoms with van der Waals surface area (Å²) >= 11 is 5.94. The van der Waals surface area contributed by atoms with Crippen LogP contribution in [0.3, 0.4) is 0 Å². The summed E-state index contributed by atoms with van der Waals surface area (Å²) in [4.78, 5) is 12.2. The number of benzene rings is 2. The van der Waals surface area contributed by atoms with Gasteiger partial charge in [0.2, 0.25) is 5.91 Å². The van der Waals surface area contributed by atoms with Crippen LogP contribution in [0.2, 0.25) is 5.02 Å². The molecule has 2 aromatic carbocycles. The van der Waals surface area contributed by atoms with Crippen molar-refractivity contribution in [3.05, 3.63) is 70.7 Å². The van der Waals surface area contributed by atoms with E-state index < -0.39 is 0 Å². The number of hydrogen-bond acceptors (Lipinski definition) is 2. The third-order valence-corrected chi connectivity index (χ3v) is 3.97. The third-order valence-electron chi connectivity index (χ3n) is 3.72. The second-order valence-corrected chi connectivity index (χ2v) is 6.00. The zero-order valence-corrected chi connectivity index (χ0v) is 14.1. The Hall–Kier alpha value is -1.84. The van der Waals surface area contributed by atoms with Gasteiger partial charge in [-0.1, -0.05) is 54.1 Å². The minimum absolute atomic E-state index is 0.0283. The van der Waals surface area contributed by atoms with Crippen LogP contribution < -0.4 is 10.6 Å². The zero-order valence-electron chi connectivity index (χ0n) is 13.4. The van der Waals surface area contributed by atoms with Gasteiger partial charge in [-0.25, -0.2) is 0 Å². The molecule has 0 bridgehead atoms. The van der Waals surface area contributed by atoms with Crippen LogP contribution in [0.15, 0.2) is 54.6 Å². The third kappa shape index (κ3) is 6.05. The molecule has 0 radical (unpaired) electrons. The molecule has 0 spiro atoms. The first-order chi connectivity index (χ1) is 11.2. The topological polar surface area (TPSA) is 41.1 Å². The van der Waals surface area contributed by atoms with E-state index in [1.54, 1.807) is 0 Å². The molecule has 0 aliphatic heterocycles. The molecule has 2 N–H and O–H groups in total. The minimum Gasteiger partial charge on any atom is -0.349 e. The van der Waals surface area contributed by atoms with Crippen molar-refractivity contribution in [1.82, 2.24) is 10.6 Å². The molecule has 2 rings (SSSR count). The van der Waals surface area contributed by atoms with Crippen LogP contribution in [0.25, 0.3) is 0 Å². The standard InChI is InChI=1S/C19H23ClN2O/c1-21-13-5-8-19(23)22-18(16-6-3-2-4-7-16)14-15-9-11-17(20)12-10-15/h2-4,6-7,9-12,18,21H,5,8,13-14H2,1H3,(H,22,23). The molecule has 23 heavy (non-hydrogen) atoms. The zero-order chi connectivity index (χ0) is 16.5. The van der Waals surface area contributed by atoms with Crippen LogP contribution in [0.1, 0.15) is 30.0 Å². The van der Waals surface area contributed by atoms with Gasteiger partial charge in [-0.05, 0) is 49.7 Å². The average Bonchev–Trinajstić information content (AvgIpc) is 2.57. The largest absolute Gasteiger partial charge is 0.349 e. The Bertz CT molecular complexity index is 599. The summed E-state index contributed by atoms with van der Waals surface area (Å²) in [5, 5.41) is 6.94. The summed E-state index contributed by atoms with van der Waals surface area (Å²) in [5.74, 6) is 0.0862. The molecule has 0 aliphatic rings. The molecule has 1 atom stereocenters. The van der Waals surface area contributed by atoms with E-state index in [1.807, 2.05) is 49.5 Å². The van der Waals surface area contributed by atoms with E-state index in [0.29, 0.717) is 6.42 Å². The Kier molecular flexibility index (Phi) is 7.11. The van der Waals surface area contributed by atoms with E-state index in [4.69, 9.17) is 11.6 Å². The van der Waals surface area contributed by atoms with Crippen LogP contribution in [-0.2, 0) is 11.2 Å². The number of nitrogens with one attached hydrogen (secondary N) is 2. The molecule has 0 aromatic heterocycles. The number of carbonyl (C=O) groups is 1. The highest BCUT2D eigenvalue weighted by molar-refractivity contribution is 6.30. The smallest absolute Gasteiger partial charge is 0.220 e. The first-order valence-electron chi connectivity index (χ1n) is 7.92. The van der Waals surface area contributed by atoms with Crippen molar-refractivity contribution < 1.29 is 4.79 Å². The number of rotatable bonds is 8. The van der Waals surface area contributed by atoms with E-state index in [0.717, 1.165) is 35.5 Å². The fourth-order valence-corrected chi connectivity index (χ4v) is 2.61. The van der Waals surface area contributed by atoms with Gasteiger partial charge in [0, 0.05) is 11.4 Å². The maximum absolute atomic E-state index is 12.2. The minimum atomic E-state index is -0.0283. The molecular weight excluding hydrogens is 308 g/mol. The highest BCUT2D eigenvalue weighted by Crippen LogP contribution is 2.20. The SMILES string of the molecule is CNCCCC(=O)NC(Cc1ccc(Cl)cc1)c1ccccc1. The number of carbonyl (C=O) groups excluding carboxylic acids is 1. The molecule has 2 aromatic rings. The Morgan fingerprint density at radius 2 is 1.78 bits per heavy atom. The fourth-order valence-electron chi connectivity index (χ4n) is 2.49. The summed E-state index contributed by atoms with van der Waals surface area (Å²) in [7, 11) is 1.89. The van der Waals surface area contributed by atoms with E-state index >= 15 is 0 Å². The molecule has 0 saturated carbocycles. The molecule has 1 amide bonds. The van der Waals surface area contributed by atoms with Gasteiger partial charge in [-0.2, -0.15) is 0 Å². The average molecular weight is 331 g/mol. The Morgan fingerprint density at radius 3 is 2.43 bits per heavy atom. The Morgan fingerprint density at radius 1 is 1.09 bits per heavy atom. The van der Waals surface area contributed by atoms with E-state index in [1.165, 1.54) is 0 Å². The monoisotopic (exact) mass is 330 g/mol. The molecule has 0 heterocycles. The number of halogens is 1. The van der Waals surface area contributed by atoms with Crippen LogP contribution in [-0.4, -0.2) is 19.5 Å². The lowest BCUT2D eigenvalue weighted by Gasteiger charge is -2.19. The van der Waals surface area contributed by atoms with E-state index in [-0.39, 0.29) is 11.9 Å². The molecule has 0 saturated heterocycles. The van der Waals surface area contributed by atoms with Gasteiger partial charge in [-0.15, -0.1) is 0 Å². The van der Waals surface area contributed by atoms with Crippen LogP contribution in [0.5, 0.6) is 0 Å². The van der Waals surface area contributed by atoms with Gasteiger partial charge in [0.25, 0.3) is 0 Å². The molecule has 4 heteroatoms.